The van der Waals surface area contributed by atoms with Gasteiger partial charge in [-0.3, -0.25) is 4.79 Å². The Kier molecular flexibility index (Phi) is 5.30. The van der Waals surface area contributed by atoms with E-state index in [1.165, 1.54) is 16.9 Å². The first-order valence-electron chi connectivity index (χ1n) is 10.1. The van der Waals surface area contributed by atoms with Gasteiger partial charge in [0.2, 0.25) is 0 Å². The number of anilines is 2. The number of amides is 1. The fourth-order valence-electron chi connectivity index (χ4n) is 4.07. The van der Waals surface area contributed by atoms with Crippen molar-refractivity contribution in [1.29, 1.82) is 0 Å². The van der Waals surface area contributed by atoms with Gasteiger partial charge in [0.15, 0.2) is 0 Å². The topological polar surface area (TPSA) is 68.0 Å². The molecular weight excluding hydrogens is 402 g/mol. The molecule has 0 saturated carbocycles. The average Bonchev–Trinajstić information content (AvgIpc) is 3.01. The second kappa shape index (κ2) is 7.62. The van der Waals surface area contributed by atoms with Crippen LogP contribution in [0.3, 0.4) is 0 Å². The summed E-state index contributed by atoms with van der Waals surface area (Å²) in [6, 6.07) is 9.26. The van der Waals surface area contributed by atoms with Crippen LogP contribution in [-0.4, -0.2) is 10.9 Å². The first-order valence-corrected chi connectivity index (χ1v) is 11.3. The van der Waals surface area contributed by atoms with Crippen LogP contribution in [0.1, 0.15) is 54.5 Å². The van der Waals surface area contributed by atoms with Crippen LogP contribution in [0.4, 0.5) is 11.4 Å². The van der Waals surface area contributed by atoms with Crippen LogP contribution in [-0.2, 0) is 12.8 Å². The minimum Gasteiger partial charge on any atom is -0.397 e. The van der Waals surface area contributed by atoms with Gasteiger partial charge < -0.3 is 11.1 Å². The number of nitrogen functional groups attached to an aromatic ring is 1. The number of rotatable bonds is 4. The van der Waals surface area contributed by atoms with Gasteiger partial charge in [-0.25, -0.2) is 4.98 Å². The van der Waals surface area contributed by atoms with Crippen molar-refractivity contribution in [3.05, 3.63) is 51.5 Å². The number of aryl methyl sites for hydroxylation is 1. The third kappa shape index (κ3) is 3.86. The predicted molar refractivity (Wildman–Crippen MR) is 123 cm³/mol. The van der Waals surface area contributed by atoms with Crippen LogP contribution in [0.5, 0.6) is 0 Å². The largest absolute Gasteiger partial charge is 0.397 e. The number of hydrogen-bond donors (Lipinski definition) is 2. The molecule has 152 valence electrons. The smallest absolute Gasteiger partial charge is 0.267 e. The third-order valence-electron chi connectivity index (χ3n) is 6.39. The van der Waals surface area contributed by atoms with Crippen molar-refractivity contribution in [3.63, 3.8) is 0 Å². The van der Waals surface area contributed by atoms with E-state index in [4.69, 9.17) is 22.3 Å². The van der Waals surface area contributed by atoms with Crippen LogP contribution < -0.4 is 11.1 Å². The van der Waals surface area contributed by atoms with Crippen LogP contribution in [0.2, 0.25) is 5.02 Å². The lowest BCUT2D eigenvalue weighted by atomic mass is 9.69. The molecule has 1 aromatic carbocycles. The summed E-state index contributed by atoms with van der Waals surface area (Å²) in [5.41, 5.74) is 10.3. The molecule has 0 fully saturated rings. The number of pyridine rings is 1. The van der Waals surface area contributed by atoms with E-state index in [0.717, 1.165) is 41.6 Å². The van der Waals surface area contributed by atoms with Gasteiger partial charge in [-0.15, -0.1) is 11.3 Å². The molecule has 1 unspecified atom stereocenters. The number of aromatic nitrogens is 1. The minimum atomic E-state index is -0.226. The molecule has 0 spiro atoms. The van der Waals surface area contributed by atoms with Crippen molar-refractivity contribution in [2.75, 3.05) is 11.1 Å². The summed E-state index contributed by atoms with van der Waals surface area (Å²) in [5, 5.41) is 4.35. The molecule has 3 aromatic rings. The van der Waals surface area contributed by atoms with Crippen LogP contribution in [0.25, 0.3) is 10.2 Å². The van der Waals surface area contributed by atoms with Crippen LogP contribution in [0, 0.1) is 11.3 Å². The lowest BCUT2D eigenvalue weighted by molar-refractivity contribution is 0.103. The molecule has 0 aliphatic heterocycles. The molecule has 2 heterocycles. The number of thiophene rings is 1. The average molecular weight is 428 g/mol. The van der Waals surface area contributed by atoms with Crippen molar-refractivity contribution < 1.29 is 4.79 Å². The van der Waals surface area contributed by atoms with Crippen molar-refractivity contribution in [1.82, 2.24) is 4.98 Å². The molecule has 0 radical (unpaired) electrons. The quantitative estimate of drug-likeness (QED) is 0.511. The van der Waals surface area contributed by atoms with Gasteiger partial charge in [-0.2, -0.15) is 0 Å². The maximum atomic E-state index is 12.8. The number of hydrogen-bond acceptors (Lipinski definition) is 4. The standard InChI is InChI=1S/C23H26ClN3OS/c1-4-23(2,3)14-8-9-18-13(10-14)11-17-19(25)20(29-22(17)27-18)21(28)26-16-7-5-6-15(24)12-16/h5-7,11-12,14H,4,8-10,25H2,1-3H3,(H,26,28). The number of nitrogens with one attached hydrogen (secondary N) is 1. The zero-order chi connectivity index (χ0) is 20.8. The first kappa shape index (κ1) is 20.2. The molecule has 3 N–H and O–H groups in total. The Morgan fingerprint density at radius 1 is 1.38 bits per heavy atom. The maximum Gasteiger partial charge on any atom is 0.267 e. The highest BCUT2D eigenvalue weighted by atomic mass is 35.5. The molecule has 2 aromatic heterocycles. The molecule has 4 nitrogen and oxygen atoms in total. The highest BCUT2D eigenvalue weighted by Crippen LogP contribution is 2.42. The van der Waals surface area contributed by atoms with Crippen molar-refractivity contribution in [2.45, 2.75) is 46.5 Å². The Balaban J connectivity index is 1.65. The van der Waals surface area contributed by atoms with Gasteiger partial charge in [-0.05, 0) is 60.4 Å². The van der Waals surface area contributed by atoms with E-state index in [-0.39, 0.29) is 5.91 Å². The molecule has 6 heteroatoms. The Morgan fingerprint density at radius 2 is 2.17 bits per heavy atom. The summed E-state index contributed by atoms with van der Waals surface area (Å²) >= 11 is 7.37. The molecule has 1 aliphatic rings. The summed E-state index contributed by atoms with van der Waals surface area (Å²) in [7, 11) is 0. The molecule has 29 heavy (non-hydrogen) atoms. The van der Waals surface area contributed by atoms with Crippen LogP contribution in [0.15, 0.2) is 30.3 Å². The number of fused-ring (bicyclic) bond motifs is 2. The van der Waals surface area contributed by atoms with E-state index < -0.39 is 0 Å². The summed E-state index contributed by atoms with van der Waals surface area (Å²) in [4.78, 5) is 19.0. The predicted octanol–water partition coefficient (Wildman–Crippen LogP) is 6.33. The van der Waals surface area contributed by atoms with Gasteiger partial charge in [-0.1, -0.05) is 44.9 Å². The Morgan fingerprint density at radius 3 is 2.90 bits per heavy atom. The van der Waals surface area contributed by atoms with E-state index >= 15 is 0 Å². The van der Waals surface area contributed by atoms with Gasteiger partial charge in [0.25, 0.3) is 5.91 Å². The number of nitrogens with two attached hydrogens (primary N) is 1. The zero-order valence-electron chi connectivity index (χ0n) is 17.0. The number of benzene rings is 1. The summed E-state index contributed by atoms with van der Waals surface area (Å²) in [6.45, 7) is 6.97. The molecule has 1 aliphatic carbocycles. The van der Waals surface area contributed by atoms with Gasteiger partial charge in [0.1, 0.15) is 9.71 Å². The maximum absolute atomic E-state index is 12.8. The van der Waals surface area contributed by atoms with E-state index in [2.05, 4.69) is 32.2 Å². The normalized spacial score (nSPS) is 16.6. The number of carbonyl (C=O) groups is 1. The van der Waals surface area contributed by atoms with Crippen molar-refractivity contribution >= 4 is 50.4 Å². The zero-order valence-corrected chi connectivity index (χ0v) is 18.6. The summed E-state index contributed by atoms with van der Waals surface area (Å²) in [5.74, 6) is 0.417. The van der Waals surface area contributed by atoms with E-state index in [0.29, 0.717) is 32.6 Å². The van der Waals surface area contributed by atoms with E-state index in [1.807, 2.05) is 0 Å². The fourth-order valence-corrected chi connectivity index (χ4v) is 5.25. The third-order valence-corrected chi connectivity index (χ3v) is 7.74. The molecule has 1 atom stereocenters. The molecule has 0 bridgehead atoms. The Labute approximate surface area is 180 Å². The number of halogens is 1. The van der Waals surface area contributed by atoms with Gasteiger partial charge in [0, 0.05) is 21.8 Å². The number of carbonyl (C=O) groups excluding carboxylic acids is 1. The highest BCUT2D eigenvalue weighted by molar-refractivity contribution is 7.21. The highest BCUT2D eigenvalue weighted by Gasteiger charge is 2.32. The van der Waals surface area contributed by atoms with Crippen LogP contribution >= 0.6 is 22.9 Å². The van der Waals surface area contributed by atoms with E-state index in [1.54, 1.807) is 24.3 Å². The number of nitrogens with zero attached hydrogens (tertiary/aromatic N) is 1. The minimum absolute atomic E-state index is 0.226. The Hall–Kier alpha value is -2.11. The Bertz CT molecular complexity index is 1090. The molecule has 4 rings (SSSR count). The second-order valence-corrected chi connectivity index (χ2v) is 9.97. The van der Waals surface area contributed by atoms with Crippen molar-refractivity contribution in [3.8, 4) is 0 Å². The monoisotopic (exact) mass is 427 g/mol. The van der Waals surface area contributed by atoms with Gasteiger partial charge >= 0.3 is 0 Å². The van der Waals surface area contributed by atoms with Gasteiger partial charge in [0.05, 0.1) is 5.69 Å². The summed E-state index contributed by atoms with van der Waals surface area (Å²) < 4.78 is 0. The van der Waals surface area contributed by atoms with E-state index in [9.17, 15) is 4.79 Å². The SMILES string of the molecule is CCC(C)(C)C1CCc2nc3sc(C(=O)Nc4cccc(Cl)c4)c(N)c3cc2C1. The first-order chi connectivity index (χ1) is 13.8. The fraction of sp³-hybridized carbons (Fsp3) is 0.391. The molecule has 1 amide bonds. The lowest BCUT2D eigenvalue weighted by Crippen LogP contribution is -2.29. The second-order valence-electron chi connectivity index (χ2n) is 8.54. The summed E-state index contributed by atoms with van der Waals surface area (Å²) in [6.07, 6.45) is 4.34. The molecule has 0 saturated heterocycles. The molecular formula is C23H26ClN3OS. The lowest BCUT2D eigenvalue weighted by Gasteiger charge is -2.36. The van der Waals surface area contributed by atoms with Crippen molar-refractivity contribution in [2.24, 2.45) is 11.3 Å².